The summed E-state index contributed by atoms with van der Waals surface area (Å²) in [4.78, 5) is 38.5. The Morgan fingerprint density at radius 2 is 1.78 bits per heavy atom. The minimum Gasteiger partial charge on any atom is -0.326 e. The van der Waals surface area contributed by atoms with E-state index >= 15 is 0 Å². The number of benzene rings is 2. The van der Waals surface area contributed by atoms with Crippen LogP contribution in [0.1, 0.15) is 35.3 Å². The maximum Gasteiger partial charge on any atom is 0.295 e. The van der Waals surface area contributed by atoms with Crippen LogP contribution in [-0.2, 0) is 11.8 Å². The second kappa shape index (κ2) is 9.09. The van der Waals surface area contributed by atoms with Crippen LogP contribution >= 0.6 is 0 Å². The lowest BCUT2D eigenvalue weighted by Crippen LogP contribution is -2.24. The van der Waals surface area contributed by atoms with Gasteiger partial charge < -0.3 is 10.6 Å². The van der Waals surface area contributed by atoms with Crippen molar-refractivity contribution < 1.29 is 9.59 Å². The van der Waals surface area contributed by atoms with Gasteiger partial charge in [0.25, 0.3) is 11.5 Å². The standard InChI is InChI=1S/C25H26N4O3/c1-17-22(25(32)29(28(17)2)21-14-7-4-8-15-21)27-24(31)19-12-9-13-20(16-19)26-23(30)18-10-5-3-6-11-18/h3-5,7-9,12-16,18H,6,10-11H2,1-2H3,(H,26,30)(H,27,31). The summed E-state index contributed by atoms with van der Waals surface area (Å²) in [6.07, 6.45) is 6.57. The first-order valence-corrected chi connectivity index (χ1v) is 10.7. The second-order valence-corrected chi connectivity index (χ2v) is 7.94. The Balaban J connectivity index is 1.54. The van der Waals surface area contributed by atoms with E-state index < -0.39 is 5.91 Å². The van der Waals surface area contributed by atoms with Gasteiger partial charge >= 0.3 is 0 Å². The SMILES string of the molecule is Cc1c(NC(=O)c2cccc(NC(=O)C3CC=CCC3)c2)c(=O)n(-c2ccccc2)n1C. The van der Waals surface area contributed by atoms with E-state index in [1.165, 1.54) is 4.68 Å². The van der Waals surface area contributed by atoms with Gasteiger partial charge in [0.05, 0.1) is 11.4 Å². The van der Waals surface area contributed by atoms with E-state index in [9.17, 15) is 14.4 Å². The molecular formula is C25H26N4O3. The minimum atomic E-state index is -0.410. The number of carbonyl (C=O) groups is 2. The van der Waals surface area contributed by atoms with Gasteiger partial charge in [-0.1, -0.05) is 36.4 Å². The fraction of sp³-hybridized carbons (Fsp3) is 0.240. The number of carbonyl (C=O) groups excluding carboxylic acids is 2. The monoisotopic (exact) mass is 430 g/mol. The van der Waals surface area contributed by atoms with E-state index in [1.807, 2.05) is 36.4 Å². The number of hydrogen-bond donors (Lipinski definition) is 2. The first-order chi connectivity index (χ1) is 15.5. The van der Waals surface area contributed by atoms with Crippen LogP contribution in [0.25, 0.3) is 5.69 Å². The number of allylic oxidation sites excluding steroid dienone is 2. The lowest BCUT2D eigenvalue weighted by molar-refractivity contribution is -0.120. The average molecular weight is 431 g/mol. The molecule has 1 unspecified atom stereocenters. The Hall–Kier alpha value is -3.87. The maximum atomic E-state index is 13.0. The van der Waals surface area contributed by atoms with Crippen LogP contribution in [-0.4, -0.2) is 21.2 Å². The number of hydrogen-bond acceptors (Lipinski definition) is 3. The third kappa shape index (κ3) is 4.27. The Bertz CT molecular complexity index is 1240. The highest BCUT2D eigenvalue weighted by Gasteiger charge is 2.21. The highest BCUT2D eigenvalue weighted by Crippen LogP contribution is 2.21. The first kappa shape index (κ1) is 21.4. The molecule has 1 aliphatic rings. The molecule has 2 N–H and O–H groups in total. The summed E-state index contributed by atoms with van der Waals surface area (Å²) in [5, 5.41) is 5.66. The molecule has 4 rings (SSSR count). The van der Waals surface area contributed by atoms with Crippen molar-refractivity contribution in [1.82, 2.24) is 9.36 Å². The average Bonchev–Trinajstić information content (AvgIpc) is 3.03. The molecule has 2 aromatic carbocycles. The third-order valence-corrected chi connectivity index (χ3v) is 5.82. The van der Waals surface area contributed by atoms with Gasteiger partial charge in [0, 0.05) is 24.2 Å². The van der Waals surface area contributed by atoms with Crippen molar-refractivity contribution in [2.75, 3.05) is 10.6 Å². The van der Waals surface area contributed by atoms with E-state index in [0.29, 0.717) is 22.6 Å². The van der Waals surface area contributed by atoms with Crippen LogP contribution in [0.4, 0.5) is 11.4 Å². The molecule has 0 fully saturated rings. The molecule has 1 aromatic heterocycles. The topological polar surface area (TPSA) is 85.1 Å². The summed E-state index contributed by atoms with van der Waals surface area (Å²) < 4.78 is 3.22. The number of nitrogens with one attached hydrogen (secondary N) is 2. The largest absolute Gasteiger partial charge is 0.326 e. The highest BCUT2D eigenvalue weighted by atomic mass is 16.2. The molecule has 2 amide bonds. The lowest BCUT2D eigenvalue weighted by Gasteiger charge is -2.17. The van der Waals surface area contributed by atoms with Gasteiger partial charge in [0.1, 0.15) is 5.69 Å². The number of amides is 2. The molecule has 0 saturated heterocycles. The van der Waals surface area contributed by atoms with Crippen LogP contribution < -0.4 is 16.2 Å². The summed E-state index contributed by atoms with van der Waals surface area (Å²) >= 11 is 0. The second-order valence-electron chi connectivity index (χ2n) is 7.94. The quantitative estimate of drug-likeness (QED) is 0.600. The summed E-state index contributed by atoms with van der Waals surface area (Å²) in [5.41, 5.74) is 2.20. The Morgan fingerprint density at radius 1 is 1.00 bits per heavy atom. The predicted molar refractivity (Wildman–Crippen MR) is 125 cm³/mol. The Kier molecular flexibility index (Phi) is 6.07. The molecule has 0 saturated carbocycles. The number of para-hydroxylation sites is 1. The lowest BCUT2D eigenvalue weighted by atomic mass is 9.93. The van der Waals surface area contributed by atoms with Gasteiger partial charge in [-0.2, -0.15) is 0 Å². The van der Waals surface area contributed by atoms with Crippen molar-refractivity contribution in [3.05, 3.63) is 88.4 Å². The molecule has 1 heterocycles. The van der Waals surface area contributed by atoms with E-state index in [4.69, 9.17) is 0 Å². The molecule has 0 aliphatic heterocycles. The van der Waals surface area contributed by atoms with Crippen molar-refractivity contribution in [1.29, 1.82) is 0 Å². The van der Waals surface area contributed by atoms with E-state index in [-0.39, 0.29) is 23.1 Å². The normalized spacial score (nSPS) is 15.4. The maximum absolute atomic E-state index is 13.0. The van der Waals surface area contributed by atoms with Crippen molar-refractivity contribution >= 4 is 23.2 Å². The van der Waals surface area contributed by atoms with Gasteiger partial charge in [0.15, 0.2) is 0 Å². The van der Waals surface area contributed by atoms with Crippen molar-refractivity contribution in [3.8, 4) is 5.69 Å². The zero-order chi connectivity index (χ0) is 22.7. The van der Waals surface area contributed by atoms with Crippen molar-refractivity contribution in [3.63, 3.8) is 0 Å². The zero-order valence-electron chi connectivity index (χ0n) is 18.2. The molecule has 0 spiro atoms. The van der Waals surface area contributed by atoms with Gasteiger partial charge in [-0.05, 0) is 56.5 Å². The smallest absolute Gasteiger partial charge is 0.295 e. The fourth-order valence-corrected chi connectivity index (χ4v) is 3.91. The molecule has 164 valence electrons. The van der Waals surface area contributed by atoms with Gasteiger partial charge in [-0.25, -0.2) is 4.68 Å². The van der Waals surface area contributed by atoms with E-state index in [0.717, 1.165) is 19.3 Å². The van der Waals surface area contributed by atoms with E-state index in [2.05, 4.69) is 16.7 Å². The molecule has 3 aromatic rings. The molecule has 0 bridgehead atoms. The molecule has 7 heteroatoms. The summed E-state index contributed by atoms with van der Waals surface area (Å²) in [6, 6.07) is 16.0. The fourth-order valence-electron chi connectivity index (χ4n) is 3.91. The molecule has 32 heavy (non-hydrogen) atoms. The van der Waals surface area contributed by atoms with Gasteiger partial charge in [-0.3, -0.25) is 19.1 Å². The summed E-state index contributed by atoms with van der Waals surface area (Å²) in [6.45, 7) is 1.78. The Labute approximate surface area is 186 Å². The first-order valence-electron chi connectivity index (χ1n) is 10.7. The number of anilines is 2. The van der Waals surface area contributed by atoms with Crippen LogP contribution in [0.3, 0.4) is 0 Å². The predicted octanol–water partition coefficient (Wildman–Crippen LogP) is 4.03. The van der Waals surface area contributed by atoms with Crippen LogP contribution in [0.2, 0.25) is 0 Å². The molecule has 0 radical (unpaired) electrons. The minimum absolute atomic E-state index is 0.0449. The molecule has 7 nitrogen and oxygen atoms in total. The summed E-state index contributed by atoms with van der Waals surface area (Å²) in [5.74, 6) is -0.509. The highest BCUT2D eigenvalue weighted by molar-refractivity contribution is 6.05. The third-order valence-electron chi connectivity index (χ3n) is 5.82. The van der Waals surface area contributed by atoms with Crippen LogP contribution in [0, 0.1) is 12.8 Å². The Morgan fingerprint density at radius 3 is 2.50 bits per heavy atom. The van der Waals surface area contributed by atoms with Crippen LogP contribution in [0.5, 0.6) is 0 Å². The van der Waals surface area contributed by atoms with Crippen molar-refractivity contribution in [2.45, 2.75) is 26.2 Å². The van der Waals surface area contributed by atoms with Crippen molar-refractivity contribution in [2.24, 2.45) is 13.0 Å². The number of aromatic nitrogens is 2. The van der Waals surface area contributed by atoms with Gasteiger partial charge in [0.2, 0.25) is 5.91 Å². The van der Waals surface area contributed by atoms with E-state index in [1.54, 1.807) is 42.9 Å². The number of nitrogens with zero attached hydrogens (tertiary/aromatic N) is 2. The van der Waals surface area contributed by atoms with Crippen LogP contribution in [0.15, 0.2) is 71.5 Å². The van der Waals surface area contributed by atoms with Gasteiger partial charge in [-0.15, -0.1) is 0 Å². The molecule has 1 aliphatic carbocycles. The molecular weight excluding hydrogens is 404 g/mol. The summed E-state index contributed by atoms with van der Waals surface area (Å²) in [7, 11) is 1.77. The number of rotatable bonds is 5. The zero-order valence-corrected chi connectivity index (χ0v) is 18.2. The molecule has 1 atom stereocenters.